The molecule has 0 heterocycles. The predicted molar refractivity (Wildman–Crippen MR) is 43.7 cm³/mol. The molecule has 0 aliphatic rings. The molecule has 0 radical (unpaired) electrons. The molecule has 0 aliphatic heterocycles. The van der Waals surface area contributed by atoms with E-state index in [0.717, 1.165) is 0 Å². The van der Waals surface area contributed by atoms with Gasteiger partial charge in [0, 0.05) is 6.08 Å². The highest BCUT2D eigenvalue weighted by Gasteiger charge is 1.89. The quantitative estimate of drug-likeness (QED) is 0.337. The summed E-state index contributed by atoms with van der Waals surface area (Å²) < 4.78 is 4.60. The Morgan fingerprint density at radius 2 is 2.36 bits per heavy atom. The van der Waals surface area contributed by atoms with Crippen LogP contribution in [0.15, 0.2) is 24.8 Å². The molecule has 0 bridgehead atoms. The largest absolute Gasteiger partial charge is 0.463 e. The maximum atomic E-state index is 10.6. The lowest BCUT2D eigenvalue weighted by atomic mass is 10.5. The fourth-order valence-electron chi connectivity index (χ4n) is 0.407. The normalized spacial score (nSPS) is 8.45. The third kappa shape index (κ3) is 6.39. The fourth-order valence-corrected chi connectivity index (χ4v) is 0.407. The summed E-state index contributed by atoms with van der Waals surface area (Å²) in [5, 5.41) is 0. The van der Waals surface area contributed by atoms with Crippen molar-refractivity contribution in [2.75, 3.05) is 6.61 Å². The number of esters is 1. The minimum atomic E-state index is -0.370. The summed E-state index contributed by atoms with van der Waals surface area (Å²) >= 11 is 0. The Morgan fingerprint density at radius 1 is 1.64 bits per heavy atom. The number of carbonyl (C=O) groups is 1. The van der Waals surface area contributed by atoms with E-state index in [9.17, 15) is 4.79 Å². The molecule has 2 heteroatoms. The van der Waals surface area contributed by atoms with Crippen molar-refractivity contribution in [3.63, 3.8) is 0 Å². The molecule has 0 spiro atoms. The van der Waals surface area contributed by atoms with Gasteiger partial charge in [0.1, 0.15) is 0 Å². The second kappa shape index (κ2) is 6.63. The van der Waals surface area contributed by atoms with Crippen molar-refractivity contribution in [2.24, 2.45) is 0 Å². The average molecular weight is 150 g/mol. The lowest BCUT2D eigenvalue weighted by Gasteiger charge is -1.91. The van der Waals surface area contributed by atoms with E-state index in [2.05, 4.69) is 23.2 Å². The van der Waals surface area contributed by atoms with Gasteiger partial charge in [-0.15, -0.1) is 0 Å². The molecule has 0 N–H and O–H groups in total. The first-order valence-electron chi connectivity index (χ1n) is 3.26. The molecular formula is C9H10O2. The monoisotopic (exact) mass is 150 g/mol. The van der Waals surface area contributed by atoms with Gasteiger partial charge in [-0.2, -0.15) is 0 Å². The van der Waals surface area contributed by atoms with E-state index in [0.29, 0.717) is 6.61 Å². The van der Waals surface area contributed by atoms with Gasteiger partial charge in [-0.25, -0.2) is 4.79 Å². The molecule has 58 valence electrons. The van der Waals surface area contributed by atoms with Crippen molar-refractivity contribution in [1.29, 1.82) is 0 Å². The number of hydrogen-bond donors (Lipinski definition) is 0. The Kier molecular flexibility index (Phi) is 5.73. The van der Waals surface area contributed by atoms with E-state index < -0.39 is 0 Å². The topological polar surface area (TPSA) is 26.3 Å². The Morgan fingerprint density at radius 3 is 2.91 bits per heavy atom. The van der Waals surface area contributed by atoms with Crippen LogP contribution in [0.4, 0.5) is 0 Å². The zero-order chi connectivity index (χ0) is 8.53. The highest BCUT2D eigenvalue weighted by Crippen LogP contribution is 1.79. The Labute approximate surface area is 66.6 Å². The standard InChI is InChI=1S/C9H10O2/c1-3-5-6-7-8-9(10)11-4-2/h3,7-8H,1,4H2,2H3. The van der Waals surface area contributed by atoms with Crippen molar-refractivity contribution in [3.05, 3.63) is 24.8 Å². The van der Waals surface area contributed by atoms with Crippen LogP contribution in [0.1, 0.15) is 6.92 Å². The van der Waals surface area contributed by atoms with Gasteiger partial charge in [0.2, 0.25) is 0 Å². The molecule has 0 amide bonds. The van der Waals surface area contributed by atoms with Crippen LogP contribution < -0.4 is 0 Å². The van der Waals surface area contributed by atoms with Gasteiger partial charge in [0.25, 0.3) is 0 Å². The molecule has 0 rings (SSSR count). The van der Waals surface area contributed by atoms with Crippen molar-refractivity contribution < 1.29 is 9.53 Å². The highest BCUT2D eigenvalue weighted by atomic mass is 16.5. The summed E-state index contributed by atoms with van der Waals surface area (Å²) in [7, 11) is 0. The SMILES string of the molecule is C=CC#CC=CC(=O)OCC. The van der Waals surface area contributed by atoms with E-state index in [4.69, 9.17) is 0 Å². The van der Waals surface area contributed by atoms with Gasteiger partial charge in [-0.05, 0) is 19.1 Å². The van der Waals surface area contributed by atoms with Crippen LogP contribution in [-0.4, -0.2) is 12.6 Å². The molecular weight excluding hydrogens is 140 g/mol. The summed E-state index contributed by atoms with van der Waals surface area (Å²) in [4.78, 5) is 10.6. The number of hydrogen-bond acceptors (Lipinski definition) is 2. The first-order chi connectivity index (χ1) is 5.31. The number of rotatable bonds is 2. The van der Waals surface area contributed by atoms with Gasteiger partial charge < -0.3 is 4.74 Å². The van der Waals surface area contributed by atoms with Crippen molar-refractivity contribution in [2.45, 2.75) is 6.92 Å². The fraction of sp³-hybridized carbons (Fsp3) is 0.222. The predicted octanol–water partition coefficient (Wildman–Crippen LogP) is 1.30. The summed E-state index contributed by atoms with van der Waals surface area (Å²) in [6.45, 7) is 5.53. The third-order valence-electron chi connectivity index (χ3n) is 0.775. The van der Waals surface area contributed by atoms with Crippen LogP contribution >= 0.6 is 0 Å². The molecule has 2 nitrogen and oxygen atoms in total. The molecule has 0 aromatic heterocycles. The molecule has 0 atom stereocenters. The summed E-state index contributed by atoms with van der Waals surface area (Å²) in [6.07, 6.45) is 4.16. The summed E-state index contributed by atoms with van der Waals surface area (Å²) in [5.41, 5.74) is 0. The molecule has 0 fully saturated rings. The molecule has 0 aromatic rings. The van der Waals surface area contributed by atoms with Gasteiger partial charge >= 0.3 is 5.97 Å². The number of carbonyl (C=O) groups excluding carboxylic acids is 1. The molecule has 0 saturated heterocycles. The minimum absolute atomic E-state index is 0.370. The van der Waals surface area contributed by atoms with Crippen LogP contribution in [0.3, 0.4) is 0 Å². The zero-order valence-electron chi connectivity index (χ0n) is 6.46. The zero-order valence-corrected chi connectivity index (χ0v) is 6.46. The average Bonchev–Trinajstić information content (AvgIpc) is 1.99. The maximum absolute atomic E-state index is 10.6. The summed E-state index contributed by atoms with van der Waals surface area (Å²) in [6, 6.07) is 0. The van der Waals surface area contributed by atoms with Gasteiger partial charge in [-0.1, -0.05) is 18.4 Å². The van der Waals surface area contributed by atoms with Gasteiger partial charge in [0.15, 0.2) is 0 Å². The van der Waals surface area contributed by atoms with E-state index in [1.54, 1.807) is 6.92 Å². The first kappa shape index (κ1) is 9.51. The lowest BCUT2D eigenvalue weighted by molar-refractivity contribution is -0.137. The van der Waals surface area contributed by atoms with Crippen LogP contribution in [0.2, 0.25) is 0 Å². The lowest BCUT2D eigenvalue weighted by Crippen LogP contribution is -1.98. The van der Waals surface area contributed by atoms with E-state index in [1.807, 2.05) is 0 Å². The van der Waals surface area contributed by atoms with Crippen LogP contribution in [0, 0.1) is 11.8 Å². The summed E-state index contributed by atoms with van der Waals surface area (Å²) in [5.74, 6) is 4.77. The van der Waals surface area contributed by atoms with E-state index >= 15 is 0 Å². The third-order valence-corrected chi connectivity index (χ3v) is 0.775. The highest BCUT2D eigenvalue weighted by molar-refractivity contribution is 5.82. The maximum Gasteiger partial charge on any atom is 0.331 e. The smallest absolute Gasteiger partial charge is 0.331 e. The second-order valence-corrected chi connectivity index (χ2v) is 1.58. The van der Waals surface area contributed by atoms with E-state index in [-0.39, 0.29) is 5.97 Å². The van der Waals surface area contributed by atoms with Crippen molar-refractivity contribution in [3.8, 4) is 11.8 Å². The molecule has 11 heavy (non-hydrogen) atoms. The number of allylic oxidation sites excluding steroid dienone is 2. The van der Waals surface area contributed by atoms with Crippen molar-refractivity contribution in [1.82, 2.24) is 0 Å². The van der Waals surface area contributed by atoms with E-state index in [1.165, 1.54) is 18.2 Å². The van der Waals surface area contributed by atoms with Gasteiger partial charge in [-0.3, -0.25) is 0 Å². The van der Waals surface area contributed by atoms with Gasteiger partial charge in [0.05, 0.1) is 6.61 Å². The van der Waals surface area contributed by atoms with Crippen molar-refractivity contribution >= 4 is 5.97 Å². The second-order valence-electron chi connectivity index (χ2n) is 1.58. The first-order valence-corrected chi connectivity index (χ1v) is 3.26. The van der Waals surface area contributed by atoms with Crippen LogP contribution in [0.25, 0.3) is 0 Å². The Hall–Kier alpha value is -1.49. The molecule has 0 aromatic carbocycles. The molecule has 0 aliphatic carbocycles. The van der Waals surface area contributed by atoms with Crippen LogP contribution in [0.5, 0.6) is 0 Å². The number of ether oxygens (including phenoxy) is 1. The Bertz CT molecular complexity index is 215. The van der Waals surface area contributed by atoms with Crippen LogP contribution in [-0.2, 0) is 9.53 Å². The minimum Gasteiger partial charge on any atom is -0.463 e. The molecule has 0 unspecified atom stereocenters. The Balaban J connectivity index is 3.73. The molecule has 0 saturated carbocycles.